The molecule has 8 nitrogen and oxygen atoms in total. The molecule has 0 spiro atoms. The molecule has 0 bridgehead atoms. The van der Waals surface area contributed by atoms with Crippen LogP contribution >= 0.6 is 9.64 Å². The topological polar surface area (TPSA) is 83.5 Å². The van der Waals surface area contributed by atoms with E-state index in [9.17, 15) is 0 Å². The van der Waals surface area contributed by atoms with E-state index in [1.54, 1.807) is 44.3 Å². The van der Waals surface area contributed by atoms with Crippen molar-refractivity contribution in [2.75, 3.05) is 7.11 Å². The summed E-state index contributed by atoms with van der Waals surface area (Å²) in [7, 11) is 10.2. The standard InChI is InChI=1S/2C9H9N3.C6H7NO.2CH4.ClH.Os/c2*1-12-7-6-11-9(12)8-4-2-3-5-10-8;1-8-6-3-2-4-7-5-6;;;;/h2*2-7H,1H3;2-5H,1H3;2*1H4;1H;/q;;;;;;+1/p-1. The van der Waals surface area contributed by atoms with E-state index in [1.165, 1.54) is 17.6 Å². The van der Waals surface area contributed by atoms with Crippen molar-refractivity contribution in [1.29, 1.82) is 0 Å². The Bertz CT molecular complexity index is 1110. The molecule has 0 saturated carbocycles. The van der Waals surface area contributed by atoms with Crippen molar-refractivity contribution < 1.29 is 22.3 Å². The van der Waals surface area contributed by atoms with Crippen molar-refractivity contribution >= 4 is 9.64 Å². The first-order valence-corrected chi connectivity index (χ1v) is 13.2. The van der Waals surface area contributed by atoms with Gasteiger partial charge >= 0.3 is 27.2 Å². The summed E-state index contributed by atoms with van der Waals surface area (Å²) in [5.41, 5.74) is 1.81. The quantitative estimate of drug-likeness (QED) is 0.232. The number of aryl methyl sites for hydroxylation is 2. The van der Waals surface area contributed by atoms with Crippen LogP contribution in [0, 0.1) is 0 Å². The molecular weight excluding hydrogens is 652 g/mol. The molecule has 0 radical (unpaired) electrons. The number of hydrogen-bond acceptors (Lipinski definition) is 6. The van der Waals surface area contributed by atoms with Gasteiger partial charge in [-0.05, 0) is 36.4 Å². The molecule has 0 fully saturated rings. The Morgan fingerprint density at radius 3 is 1.44 bits per heavy atom. The van der Waals surface area contributed by atoms with Crippen molar-refractivity contribution in [2.24, 2.45) is 14.1 Å². The molecule has 0 aromatic carbocycles. The first-order valence-electron chi connectivity index (χ1n) is 10.0. The van der Waals surface area contributed by atoms with Crippen LogP contribution in [0.25, 0.3) is 23.0 Å². The minimum absolute atomic E-state index is 0. The molecule has 5 heterocycles. The molecule has 36 heavy (non-hydrogen) atoms. The number of aromatic nitrogens is 7. The second-order valence-electron chi connectivity index (χ2n) is 6.55. The number of rotatable bonds is 3. The molecule has 0 unspecified atom stereocenters. The number of methoxy groups -OCH3 is 1. The Balaban J connectivity index is 0.000000489. The molecule has 0 N–H and O–H groups in total. The van der Waals surface area contributed by atoms with Gasteiger partial charge in [0.1, 0.15) is 17.1 Å². The predicted molar refractivity (Wildman–Crippen MR) is 143 cm³/mol. The number of hydrogen-bond donors (Lipinski definition) is 0. The van der Waals surface area contributed by atoms with Gasteiger partial charge in [-0.3, -0.25) is 15.0 Å². The molecule has 0 aliphatic carbocycles. The van der Waals surface area contributed by atoms with Gasteiger partial charge in [-0.2, -0.15) is 0 Å². The van der Waals surface area contributed by atoms with Crippen molar-refractivity contribution in [1.82, 2.24) is 34.1 Å². The van der Waals surface area contributed by atoms with Gasteiger partial charge in [-0.1, -0.05) is 27.0 Å². The van der Waals surface area contributed by atoms with Gasteiger partial charge < -0.3 is 13.9 Å². The van der Waals surface area contributed by atoms with E-state index in [2.05, 4.69) is 34.6 Å². The van der Waals surface area contributed by atoms with E-state index in [0.29, 0.717) is 0 Å². The Kier molecular flexibility index (Phi) is 17.1. The van der Waals surface area contributed by atoms with Gasteiger partial charge in [0.2, 0.25) is 0 Å². The fourth-order valence-electron chi connectivity index (χ4n) is 2.68. The van der Waals surface area contributed by atoms with Crippen molar-refractivity contribution in [3.8, 4) is 28.8 Å². The van der Waals surface area contributed by atoms with E-state index in [-0.39, 0.29) is 14.9 Å². The SMILES string of the molecule is C.C.COc1cccnc1.Cn1ccnc1-c1ccccn1.Cn1ccnc1-c1ccccn1.[Cl][Os]. The van der Waals surface area contributed by atoms with Gasteiger partial charge in [0.05, 0.1) is 13.3 Å². The van der Waals surface area contributed by atoms with Crippen LogP contribution in [-0.2, 0) is 31.7 Å². The van der Waals surface area contributed by atoms with E-state index >= 15 is 0 Å². The first-order chi connectivity index (χ1) is 16.7. The summed E-state index contributed by atoms with van der Waals surface area (Å²) in [5.74, 6) is 2.60. The van der Waals surface area contributed by atoms with Crippen LogP contribution in [0.1, 0.15) is 14.9 Å². The third-order valence-corrected chi connectivity index (χ3v) is 4.30. The molecule has 0 amide bonds. The Labute approximate surface area is 228 Å². The summed E-state index contributed by atoms with van der Waals surface area (Å²) in [6.45, 7) is 0. The van der Waals surface area contributed by atoms with Crippen LogP contribution in [-0.4, -0.2) is 41.2 Å². The summed E-state index contributed by atoms with van der Waals surface area (Å²) in [4.78, 5) is 20.6. The molecule has 0 aliphatic rings. The molecule has 193 valence electrons. The second kappa shape index (κ2) is 18.9. The molecule has 5 aromatic heterocycles. The number of halogens is 1. The number of nitrogens with zero attached hydrogens (tertiary/aromatic N) is 7. The maximum absolute atomic E-state index is 4.85. The van der Waals surface area contributed by atoms with Crippen LogP contribution in [0.4, 0.5) is 0 Å². The van der Waals surface area contributed by atoms with Crippen molar-refractivity contribution in [3.63, 3.8) is 0 Å². The van der Waals surface area contributed by atoms with Gasteiger partial charge in [-0.25, -0.2) is 9.97 Å². The molecule has 0 saturated heterocycles. The van der Waals surface area contributed by atoms with Gasteiger partial charge in [0.15, 0.2) is 11.6 Å². The maximum atomic E-state index is 4.85. The van der Waals surface area contributed by atoms with Crippen LogP contribution in [0.5, 0.6) is 5.75 Å². The Hall–Kier alpha value is -3.40. The zero-order chi connectivity index (χ0) is 24.6. The fourth-order valence-corrected chi connectivity index (χ4v) is 2.68. The Morgan fingerprint density at radius 2 is 1.17 bits per heavy atom. The van der Waals surface area contributed by atoms with Crippen molar-refractivity contribution in [3.05, 3.63) is 98.1 Å². The third-order valence-electron chi connectivity index (χ3n) is 4.30. The van der Waals surface area contributed by atoms with Gasteiger partial charge in [-0.15, -0.1) is 0 Å². The van der Waals surface area contributed by atoms with Crippen LogP contribution in [0.2, 0.25) is 0 Å². The summed E-state index contributed by atoms with van der Waals surface area (Å²) in [6.07, 6.45) is 14.3. The third kappa shape index (κ3) is 10.5. The molecule has 0 atom stereocenters. The molecule has 10 heteroatoms. The van der Waals surface area contributed by atoms with E-state index < -0.39 is 0 Å². The number of imidazole rings is 2. The van der Waals surface area contributed by atoms with E-state index in [4.69, 9.17) is 4.74 Å². The monoisotopic (exact) mass is 686 g/mol. The predicted octanol–water partition coefficient (Wildman–Crippen LogP) is 6.01. The van der Waals surface area contributed by atoms with Gasteiger partial charge in [0.25, 0.3) is 0 Å². The fraction of sp³-hybridized carbons (Fsp3) is 0.192. The van der Waals surface area contributed by atoms with Crippen LogP contribution < -0.4 is 4.74 Å². The summed E-state index contributed by atoms with van der Waals surface area (Å²) in [5, 5.41) is 0. The van der Waals surface area contributed by atoms with Crippen molar-refractivity contribution in [2.45, 2.75) is 14.9 Å². The van der Waals surface area contributed by atoms with Crippen LogP contribution in [0.15, 0.2) is 98.1 Å². The average Bonchev–Trinajstić information content (AvgIpc) is 3.55. The molecule has 5 aromatic rings. The van der Waals surface area contributed by atoms with Crippen LogP contribution in [0.3, 0.4) is 0 Å². The zero-order valence-electron chi connectivity index (χ0n) is 19.0. The average molecular weight is 685 g/mol. The molecular formula is C26H33ClN7OOs. The summed E-state index contributed by atoms with van der Waals surface area (Å²) in [6, 6.07) is 15.3. The molecule has 5 rings (SSSR count). The van der Waals surface area contributed by atoms with E-state index in [1.807, 2.05) is 84.2 Å². The Morgan fingerprint density at radius 1 is 0.667 bits per heavy atom. The minimum atomic E-state index is 0. The second-order valence-corrected chi connectivity index (χ2v) is 6.55. The first kappa shape index (κ1) is 32.6. The zero-order valence-corrected chi connectivity index (χ0v) is 22.3. The molecule has 0 aliphatic heterocycles. The van der Waals surface area contributed by atoms with E-state index in [0.717, 1.165) is 28.8 Å². The number of ether oxygens (including phenoxy) is 1. The summed E-state index contributed by atoms with van der Waals surface area (Å²) >= 11 is 1.33. The number of pyridine rings is 3. The normalized spacial score (nSPS) is 8.81. The van der Waals surface area contributed by atoms with Gasteiger partial charge in [0, 0.05) is 57.5 Å². The summed E-state index contributed by atoms with van der Waals surface area (Å²) < 4.78 is 8.75.